The molecular formula is C27H19Cl2NO7. The van der Waals surface area contributed by atoms with Crippen LogP contribution in [0.4, 0.5) is 10.5 Å². The third-order valence-electron chi connectivity index (χ3n) is 5.12. The molecule has 4 aromatic rings. The Balaban J connectivity index is 1.62. The Hall–Kier alpha value is -4.40. The highest BCUT2D eigenvalue weighted by atomic mass is 35.5. The predicted octanol–water partition coefficient (Wildman–Crippen LogP) is 6.95. The minimum absolute atomic E-state index is 0.00431. The number of phenols is 2. The zero-order valence-corrected chi connectivity index (χ0v) is 20.5. The van der Waals surface area contributed by atoms with Crippen molar-refractivity contribution in [3.8, 4) is 39.9 Å². The molecule has 0 heterocycles. The Kier molecular flexibility index (Phi) is 7.71. The molecule has 0 saturated carbocycles. The first kappa shape index (κ1) is 25.7. The Morgan fingerprint density at radius 1 is 0.811 bits per heavy atom. The van der Waals surface area contributed by atoms with Crippen LogP contribution in [-0.2, 0) is 4.79 Å². The van der Waals surface area contributed by atoms with Gasteiger partial charge in [0.05, 0.1) is 15.7 Å². The number of halogens is 2. The molecule has 4 rings (SSSR count). The molecule has 0 saturated heterocycles. The average Bonchev–Trinajstić information content (AvgIpc) is 2.87. The van der Waals surface area contributed by atoms with E-state index in [1.807, 2.05) is 30.3 Å². The Labute approximate surface area is 221 Å². The number of anilines is 1. The van der Waals surface area contributed by atoms with Crippen LogP contribution in [0.3, 0.4) is 0 Å². The highest BCUT2D eigenvalue weighted by Crippen LogP contribution is 2.41. The summed E-state index contributed by atoms with van der Waals surface area (Å²) in [5.41, 5.74) is 1.37. The molecule has 0 aliphatic carbocycles. The zero-order valence-electron chi connectivity index (χ0n) is 19.0. The van der Waals surface area contributed by atoms with E-state index in [1.54, 1.807) is 6.07 Å². The number of carboxylic acid groups (broad SMARTS) is 1. The minimum atomic E-state index is -1.30. The van der Waals surface area contributed by atoms with Crippen molar-refractivity contribution in [3.63, 3.8) is 0 Å². The molecule has 0 aliphatic heterocycles. The van der Waals surface area contributed by atoms with Gasteiger partial charge in [0, 0.05) is 5.56 Å². The number of hydrogen-bond acceptors (Lipinski definition) is 6. The summed E-state index contributed by atoms with van der Waals surface area (Å²) in [7, 11) is 0. The molecule has 0 aliphatic rings. The predicted molar refractivity (Wildman–Crippen MR) is 139 cm³/mol. The summed E-state index contributed by atoms with van der Waals surface area (Å²) in [5, 5.41) is 29.0. The summed E-state index contributed by atoms with van der Waals surface area (Å²) in [4.78, 5) is 25.1. The third-order valence-corrected chi connectivity index (χ3v) is 5.68. The first-order valence-corrected chi connectivity index (χ1v) is 11.5. The van der Waals surface area contributed by atoms with E-state index in [0.717, 1.165) is 10.5 Å². The highest BCUT2D eigenvalue weighted by Gasteiger charge is 2.24. The van der Waals surface area contributed by atoms with Crippen molar-refractivity contribution in [3.05, 3.63) is 95.0 Å². The molecule has 3 N–H and O–H groups in total. The number of ether oxygens (including phenoxy) is 2. The first-order chi connectivity index (χ1) is 17.7. The molecule has 0 aromatic heterocycles. The van der Waals surface area contributed by atoms with Gasteiger partial charge in [0.15, 0.2) is 5.75 Å². The number of aliphatic carboxylic acids is 1. The molecule has 0 spiro atoms. The summed E-state index contributed by atoms with van der Waals surface area (Å²) in [5.74, 6) is -0.769. The fourth-order valence-electron chi connectivity index (χ4n) is 3.41. The van der Waals surface area contributed by atoms with E-state index in [2.05, 4.69) is 0 Å². The van der Waals surface area contributed by atoms with Crippen molar-refractivity contribution >= 4 is 41.0 Å². The average molecular weight is 540 g/mol. The maximum atomic E-state index is 12.8. The van der Waals surface area contributed by atoms with Gasteiger partial charge in [-0.25, -0.2) is 4.79 Å². The molecular weight excluding hydrogens is 521 g/mol. The number of carbonyl (C=O) groups excluding carboxylic acids is 1. The summed E-state index contributed by atoms with van der Waals surface area (Å²) in [6, 6.07) is 21.8. The second kappa shape index (κ2) is 11.1. The first-order valence-electron chi connectivity index (χ1n) is 10.8. The van der Waals surface area contributed by atoms with Crippen LogP contribution in [-0.4, -0.2) is 33.9 Å². The maximum Gasteiger partial charge on any atom is 0.420 e. The van der Waals surface area contributed by atoms with Gasteiger partial charge >= 0.3 is 12.1 Å². The van der Waals surface area contributed by atoms with E-state index in [1.165, 1.54) is 48.5 Å². The number of hydrogen-bond donors (Lipinski definition) is 3. The lowest BCUT2D eigenvalue weighted by molar-refractivity contribution is -0.135. The summed E-state index contributed by atoms with van der Waals surface area (Å²) in [6.07, 6.45) is -1.00. The van der Waals surface area contributed by atoms with Gasteiger partial charge in [-0.15, -0.1) is 0 Å². The van der Waals surface area contributed by atoms with Crippen LogP contribution in [0.25, 0.3) is 11.1 Å². The minimum Gasteiger partial charge on any atom is -0.508 e. The lowest BCUT2D eigenvalue weighted by Gasteiger charge is -2.22. The number of benzene rings is 4. The summed E-state index contributed by atoms with van der Waals surface area (Å²) in [6.45, 7) is -0.734. The number of rotatable bonds is 7. The van der Waals surface area contributed by atoms with Gasteiger partial charge < -0.3 is 24.8 Å². The number of aromatic hydroxyl groups is 2. The van der Waals surface area contributed by atoms with Crippen LogP contribution in [0, 0.1) is 0 Å². The van der Waals surface area contributed by atoms with Crippen molar-refractivity contribution < 1.29 is 34.4 Å². The molecule has 37 heavy (non-hydrogen) atoms. The molecule has 1 amide bonds. The van der Waals surface area contributed by atoms with Crippen LogP contribution < -0.4 is 14.4 Å². The molecule has 8 nitrogen and oxygen atoms in total. The lowest BCUT2D eigenvalue weighted by atomic mass is 10.0. The molecule has 0 unspecified atom stereocenters. The van der Waals surface area contributed by atoms with Crippen molar-refractivity contribution in [1.29, 1.82) is 0 Å². The number of nitrogens with zero attached hydrogens (tertiary/aromatic N) is 1. The number of carboxylic acids is 1. The van der Waals surface area contributed by atoms with Gasteiger partial charge in [0.2, 0.25) is 0 Å². The Bertz CT molecular complexity index is 1420. The Morgan fingerprint density at radius 2 is 1.43 bits per heavy atom. The van der Waals surface area contributed by atoms with Gasteiger partial charge in [-0.1, -0.05) is 53.5 Å². The second-order valence-corrected chi connectivity index (χ2v) is 8.54. The van der Waals surface area contributed by atoms with Crippen LogP contribution in [0.15, 0.2) is 84.9 Å². The van der Waals surface area contributed by atoms with E-state index in [4.69, 9.17) is 32.7 Å². The summed E-state index contributed by atoms with van der Waals surface area (Å²) < 4.78 is 11.1. The Morgan fingerprint density at radius 3 is 2.05 bits per heavy atom. The molecule has 188 valence electrons. The molecule has 0 atom stereocenters. The lowest BCUT2D eigenvalue weighted by Crippen LogP contribution is -2.37. The fourth-order valence-corrected chi connectivity index (χ4v) is 3.96. The molecule has 0 fully saturated rings. The smallest absolute Gasteiger partial charge is 0.420 e. The van der Waals surface area contributed by atoms with Crippen molar-refractivity contribution in [2.24, 2.45) is 0 Å². The van der Waals surface area contributed by atoms with E-state index in [0.29, 0.717) is 11.3 Å². The van der Waals surface area contributed by atoms with Gasteiger partial charge in [0.1, 0.15) is 29.5 Å². The molecule has 10 heteroatoms. The van der Waals surface area contributed by atoms with Crippen LogP contribution in [0.1, 0.15) is 0 Å². The van der Waals surface area contributed by atoms with Gasteiger partial charge in [-0.3, -0.25) is 9.69 Å². The van der Waals surface area contributed by atoms with E-state index in [-0.39, 0.29) is 38.7 Å². The van der Waals surface area contributed by atoms with E-state index >= 15 is 0 Å². The standard InChI is InChI=1S/C27H19Cl2NO7/c28-22-12-17(30(15-25(33)34)27(35)37-19-8-6-18(31)7-9-19)13-23(29)26(22)36-20-10-11-24(32)21(14-20)16-4-2-1-3-5-16/h1-14,31-32H,15H2,(H,33,34). The second-order valence-electron chi connectivity index (χ2n) is 7.73. The van der Waals surface area contributed by atoms with Crippen LogP contribution in [0.5, 0.6) is 28.7 Å². The third kappa shape index (κ3) is 6.24. The molecule has 4 aromatic carbocycles. The number of amides is 1. The molecule has 0 bridgehead atoms. The highest BCUT2D eigenvalue weighted by molar-refractivity contribution is 6.37. The number of carbonyl (C=O) groups is 2. The van der Waals surface area contributed by atoms with E-state index in [9.17, 15) is 24.9 Å². The van der Waals surface area contributed by atoms with E-state index < -0.39 is 18.6 Å². The summed E-state index contributed by atoms with van der Waals surface area (Å²) >= 11 is 12.8. The van der Waals surface area contributed by atoms with Crippen LogP contribution >= 0.6 is 23.2 Å². The van der Waals surface area contributed by atoms with Gasteiger partial charge in [-0.2, -0.15) is 0 Å². The SMILES string of the molecule is O=C(O)CN(C(=O)Oc1ccc(O)cc1)c1cc(Cl)c(Oc2ccc(O)c(-c3ccccc3)c2)c(Cl)c1. The van der Waals surface area contributed by atoms with Crippen molar-refractivity contribution in [1.82, 2.24) is 0 Å². The normalized spacial score (nSPS) is 10.5. The molecule has 0 radical (unpaired) electrons. The van der Waals surface area contributed by atoms with Crippen LogP contribution in [0.2, 0.25) is 10.0 Å². The van der Waals surface area contributed by atoms with Gasteiger partial charge in [-0.05, 0) is 60.2 Å². The largest absolute Gasteiger partial charge is 0.508 e. The fraction of sp³-hybridized carbons (Fsp3) is 0.0370. The van der Waals surface area contributed by atoms with Crippen molar-refractivity contribution in [2.75, 3.05) is 11.4 Å². The van der Waals surface area contributed by atoms with Crippen molar-refractivity contribution in [2.45, 2.75) is 0 Å². The maximum absolute atomic E-state index is 12.8. The number of phenolic OH excluding ortho intramolecular Hbond substituents is 2. The topological polar surface area (TPSA) is 117 Å². The van der Waals surface area contributed by atoms with Gasteiger partial charge in [0.25, 0.3) is 0 Å². The monoisotopic (exact) mass is 539 g/mol. The quantitative estimate of drug-likeness (QED) is 0.232. The zero-order chi connectivity index (χ0) is 26.5.